The summed E-state index contributed by atoms with van der Waals surface area (Å²) in [7, 11) is 0. The van der Waals surface area contributed by atoms with Gasteiger partial charge in [0, 0.05) is 40.8 Å². The number of ketones is 1. The Labute approximate surface area is 222 Å². The van der Waals surface area contributed by atoms with E-state index in [-0.39, 0.29) is 29.0 Å². The number of ether oxygens (including phenoxy) is 1. The molecule has 3 N–H and O–H groups in total. The number of thiazole rings is 1. The van der Waals surface area contributed by atoms with Gasteiger partial charge in [0.05, 0.1) is 12.3 Å². The van der Waals surface area contributed by atoms with E-state index in [0.29, 0.717) is 12.5 Å². The fourth-order valence-electron chi connectivity index (χ4n) is 10.6. The fraction of sp³-hybridized carbons (Fsp3) is 0.793. The highest BCUT2D eigenvalue weighted by Crippen LogP contribution is 2.82. The van der Waals surface area contributed by atoms with E-state index in [4.69, 9.17) is 9.72 Å². The maximum Gasteiger partial charge on any atom is 0.206 e. The fourth-order valence-corrected chi connectivity index (χ4v) is 11.9. The van der Waals surface area contributed by atoms with Gasteiger partial charge in [-0.1, -0.05) is 25.8 Å². The minimum Gasteiger partial charge on any atom is -0.387 e. The number of anilines is 1. The molecule has 0 aromatic carbocycles. The third-order valence-electron chi connectivity index (χ3n) is 11.9. The zero-order chi connectivity index (χ0) is 25.5. The second-order valence-corrected chi connectivity index (χ2v) is 14.8. The molecule has 0 radical (unpaired) electrons. The van der Waals surface area contributed by atoms with Gasteiger partial charge in [0.15, 0.2) is 10.9 Å². The third-order valence-corrected chi connectivity index (χ3v) is 12.9. The summed E-state index contributed by atoms with van der Waals surface area (Å²) in [6, 6.07) is 0. The number of fused-ring (bicyclic) bond motifs is 2. The zero-order valence-corrected chi connectivity index (χ0v) is 23.0. The number of likely N-dealkylation sites (tertiary alicyclic amines) is 1. The zero-order valence-electron chi connectivity index (χ0n) is 22.2. The Morgan fingerprint density at radius 1 is 1.22 bits per heavy atom. The van der Waals surface area contributed by atoms with Gasteiger partial charge in [-0.2, -0.15) is 0 Å². The van der Waals surface area contributed by atoms with Crippen LogP contribution in [-0.4, -0.2) is 70.6 Å². The predicted octanol–water partition coefficient (Wildman–Crippen LogP) is 3.11. The predicted molar refractivity (Wildman–Crippen MR) is 140 cm³/mol. The van der Waals surface area contributed by atoms with E-state index in [1.54, 1.807) is 11.3 Å². The largest absolute Gasteiger partial charge is 0.387 e. The van der Waals surface area contributed by atoms with Crippen molar-refractivity contribution in [3.63, 3.8) is 0 Å². The smallest absolute Gasteiger partial charge is 0.206 e. The molecule has 3 saturated carbocycles. The lowest BCUT2D eigenvalue weighted by molar-refractivity contribution is -0.436. The van der Waals surface area contributed by atoms with Crippen molar-refractivity contribution in [2.75, 3.05) is 38.1 Å². The second-order valence-electron chi connectivity index (χ2n) is 13.7. The number of nitrogens with one attached hydrogen (secondary N) is 1. The number of aromatic nitrogens is 1. The number of aliphatic hydroxyl groups excluding tert-OH is 1. The third kappa shape index (κ3) is 2.46. The van der Waals surface area contributed by atoms with Gasteiger partial charge in [0.25, 0.3) is 0 Å². The summed E-state index contributed by atoms with van der Waals surface area (Å²) in [5.41, 5.74) is 1.31. The Hall–Kier alpha value is -1.32. The first kappa shape index (κ1) is 23.6. The average Bonchev–Trinajstić information content (AvgIpc) is 3.26. The number of carbonyl (C=O) groups excluding carboxylic acids is 1. The SMILES string of the molecule is CC1=C2C(=O)C34C2C1CCC3C12COC4(O)C(O)C1C(C)(C)Cc1sc(NCCN3CCCCC3)nc12. The number of nitrogens with zero attached hydrogens (tertiary/aromatic N) is 2. The quantitative estimate of drug-likeness (QED) is 0.556. The molecular formula is C29H39N3O4S. The van der Waals surface area contributed by atoms with E-state index < -0.39 is 22.7 Å². The van der Waals surface area contributed by atoms with Crippen LogP contribution in [0.2, 0.25) is 0 Å². The summed E-state index contributed by atoms with van der Waals surface area (Å²) < 4.78 is 6.33. The van der Waals surface area contributed by atoms with E-state index >= 15 is 0 Å². The minimum absolute atomic E-state index is 0.0192. The first-order valence-electron chi connectivity index (χ1n) is 14.4. The molecule has 4 heterocycles. The number of rotatable bonds is 4. The van der Waals surface area contributed by atoms with Crippen molar-refractivity contribution in [2.45, 2.75) is 76.6 Å². The average molecular weight is 526 g/mol. The standard InChI is InChI=1S/C29H39N3O4S/c1-15-16-7-8-18-27-14-36-29(35,28(18)20(16)19(15)23(28)33)24(34)21(27)26(2,3)13-17-22(27)31-25(37-17)30-9-12-32-10-5-4-6-11-32/h16,18,20-21,24,34-35H,4-14H2,1-3H3,(H,30,31). The van der Waals surface area contributed by atoms with E-state index in [0.717, 1.165) is 48.8 Å². The molecule has 3 aliphatic heterocycles. The van der Waals surface area contributed by atoms with Gasteiger partial charge in [-0.05, 0) is 69.4 Å². The molecule has 200 valence electrons. The highest BCUT2D eigenvalue weighted by Gasteiger charge is 2.89. The molecule has 8 unspecified atom stereocenters. The van der Waals surface area contributed by atoms with Crippen molar-refractivity contribution >= 4 is 22.3 Å². The molecule has 1 aromatic heterocycles. The minimum atomic E-state index is -1.81. The van der Waals surface area contributed by atoms with Crippen LogP contribution in [0.3, 0.4) is 0 Å². The maximum atomic E-state index is 13.9. The number of Topliss-reactive ketones (excluding diaryl/α,β-unsaturated/α-hetero) is 1. The molecule has 8 aliphatic rings. The summed E-state index contributed by atoms with van der Waals surface area (Å²) >= 11 is 1.74. The van der Waals surface area contributed by atoms with E-state index in [2.05, 4.69) is 31.0 Å². The summed E-state index contributed by atoms with van der Waals surface area (Å²) in [6.07, 6.45) is 5.55. The van der Waals surface area contributed by atoms with Crippen LogP contribution < -0.4 is 5.32 Å². The maximum absolute atomic E-state index is 13.9. The Kier molecular flexibility index (Phi) is 4.61. The Morgan fingerprint density at radius 3 is 2.78 bits per heavy atom. The second kappa shape index (κ2) is 7.25. The Bertz CT molecular complexity index is 1240. The first-order chi connectivity index (χ1) is 17.7. The van der Waals surface area contributed by atoms with Crippen LogP contribution in [0.4, 0.5) is 5.13 Å². The molecule has 37 heavy (non-hydrogen) atoms. The Morgan fingerprint density at radius 2 is 2.00 bits per heavy atom. The summed E-state index contributed by atoms with van der Waals surface area (Å²) in [5, 5.41) is 28.7. The molecule has 6 fully saturated rings. The van der Waals surface area contributed by atoms with Crippen molar-refractivity contribution in [1.29, 1.82) is 0 Å². The molecule has 7 nitrogen and oxygen atoms in total. The first-order valence-corrected chi connectivity index (χ1v) is 15.3. The normalized spacial score (nSPS) is 46.8. The number of carbonyl (C=O) groups is 1. The molecule has 5 aliphatic carbocycles. The van der Waals surface area contributed by atoms with E-state index in [9.17, 15) is 15.0 Å². The van der Waals surface area contributed by atoms with Gasteiger partial charge in [-0.15, -0.1) is 11.3 Å². The van der Waals surface area contributed by atoms with Crippen molar-refractivity contribution < 1.29 is 19.7 Å². The van der Waals surface area contributed by atoms with Crippen LogP contribution in [0.5, 0.6) is 0 Å². The molecule has 2 spiro atoms. The van der Waals surface area contributed by atoms with Gasteiger partial charge in [-0.25, -0.2) is 4.98 Å². The summed E-state index contributed by atoms with van der Waals surface area (Å²) in [5.74, 6) is -1.69. The molecule has 9 rings (SSSR count). The van der Waals surface area contributed by atoms with Crippen LogP contribution in [-0.2, 0) is 21.4 Å². The van der Waals surface area contributed by atoms with Crippen LogP contribution in [0.1, 0.15) is 63.4 Å². The molecule has 8 heteroatoms. The number of hydrogen-bond donors (Lipinski definition) is 3. The summed E-state index contributed by atoms with van der Waals surface area (Å²) in [6.45, 7) is 11.1. The van der Waals surface area contributed by atoms with Crippen molar-refractivity contribution in [1.82, 2.24) is 9.88 Å². The molecule has 1 aromatic rings. The van der Waals surface area contributed by atoms with E-state index in [1.165, 1.54) is 42.8 Å². The molecule has 0 amide bonds. The van der Waals surface area contributed by atoms with Gasteiger partial charge in [0.2, 0.25) is 5.79 Å². The van der Waals surface area contributed by atoms with Crippen LogP contribution in [0.15, 0.2) is 11.1 Å². The lowest BCUT2D eigenvalue weighted by Gasteiger charge is -2.80. The lowest BCUT2D eigenvalue weighted by atomic mass is 9.26. The number of allylic oxidation sites excluding steroid dienone is 2. The van der Waals surface area contributed by atoms with Gasteiger partial charge >= 0.3 is 0 Å². The monoisotopic (exact) mass is 525 g/mol. The van der Waals surface area contributed by atoms with Gasteiger partial charge in [0.1, 0.15) is 11.5 Å². The molecule has 3 saturated heterocycles. The van der Waals surface area contributed by atoms with Gasteiger partial charge in [-0.3, -0.25) is 4.79 Å². The van der Waals surface area contributed by atoms with Gasteiger partial charge < -0.3 is 25.2 Å². The molecule has 2 bridgehead atoms. The number of aliphatic hydroxyl groups is 2. The lowest BCUT2D eigenvalue weighted by Crippen LogP contribution is -2.90. The van der Waals surface area contributed by atoms with Crippen molar-refractivity contribution in [2.24, 2.45) is 34.5 Å². The van der Waals surface area contributed by atoms with E-state index in [1.807, 2.05) is 0 Å². The molecule has 8 atom stereocenters. The number of hydrogen-bond acceptors (Lipinski definition) is 8. The highest BCUT2D eigenvalue weighted by molar-refractivity contribution is 7.15. The van der Waals surface area contributed by atoms with Crippen LogP contribution >= 0.6 is 11.3 Å². The highest BCUT2D eigenvalue weighted by atomic mass is 32.1. The van der Waals surface area contributed by atoms with Crippen molar-refractivity contribution in [3.05, 3.63) is 21.7 Å². The molecular weight excluding hydrogens is 486 g/mol. The van der Waals surface area contributed by atoms with Crippen LogP contribution in [0.25, 0.3) is 0 Å². The number of piperidine rings is 1. The Balaban J connectivity index is 1.21. The van der Waals surface area contributed by atoms with Crippen molar-refractivity contribution in [3.8, 4) is 0 Å². The summed E-state index contributed by atoms with van der Waals surface area (Å²) in [4.78, 5) is 23.0. The van der Waals surface area contributed by atoms with Crippen LogP contribution in [0, 0.1) is 34.5 Å². The topological polar surface area (TPSA) is 94.9 Å².